The summed E-state index contributed by atoms with van der Waals surface area (Å²) < 4.78 is 0. The molecule has 3 aromatic rings. The van der Waals surface area contributed by atoms with E-state index in [0.717, 1.165) is 16.7 Å². The number of carbonyl (C=O) groups is 2. The molecule has 5 nitrogen and oxygen atoms in total. The Hall–Kier alpha value is -3.18. The van der Waals surface area contributed by atoms with Crippen LogP contribution in [0, 0.1) is 20.8 Å². The summed E-state index contributed by atoms with van der Waals surface area (Å²) in [5.41, 5.74) is 4.89. The van der Waals surface area contributed by atoms with Crippen molar-refractivity contribution in [1.82, 2.24) is 4.98 Å². The molecule has 0 spiro atoms. The highest BCUT2D eigenvalue weighted by Gasteiger charge is 2.13. The summed E-state index contributed by atoms with van der Waals surface area (Å²) in [5.74, 6) is -0.692. The SMILES string of the molecule is Cc1ccc(NC(=O)c2cncc(C(=O)Nc3cccc(Cl)c3C)c2)cc1C. The minimum atomic E-state index is -0.362. The van der Waals surface area contributed by atoms with Crippen molar-refractivity contribution < 1.29 is 9.59 Å². The smallest absolute Gasteiger partial charge is 0.257 e. The van der Waals surface area contributed by atoms with E-state index in [9.17, 15) is 9.59 Å². The summed E-state index contributed by atoms with van der Waals surface area (Å²) >= 11 is 6.09. The zero-order valence-corrected chi connectivity index (χ0v) is 16.6. The number of benzene rings is 2. The Bertz CT molecular complexity index is 1060. The Morgan fingerprint density at radius 3 is 2.21 bits per heavy atom. The number of pyridine rings is 1. The lowest BCUT2D eigenvalue weighted by atomic mass is 10.1. The van der Waals surface area contributed by atoms with Gasteiger partial charge in [0.1, 0.15) is 0 Å². The molecule has 1 aromatic heterocycles. The molecule has 0 bridgehead atoms. The average molecular weight is 394 g/mol. The number of anilines is 2. The van der Waals surface area contributed by atoms with E-state index in [1.807, 2.05) is 39.0 Å². The molecule has 6 heteroatoms. The van der Waals surface area contributed by atoms with Gasteiger partial charge in [-0.05, 0) is 67.8 Å². The maximum Gasteiger partial charge on any atom is 0.257 e. The molecule has 28 heavy (non-hydrogen) atoms. The number of hydrogen-bond donors (Lipinski definition) is 2. The van der Waals surface area contributed by atoms with Gasteiger partial charge in [-0.15, -0.1) is 0 Å². The molecule has 0 saturated carbocycles. The van der Waals surface area contributed by atoms with Crippen molar-refractivity contribution in [2.45, 2.75) is 20.8 Å². The molecule has 0 aliphatic carbocycles. The van der Waals surface area contributed by atoms with Crippen molar-refractivity contribution in [3.8, 4) is 0 Å². The van der Waals surface area contributed by atoms with Gasteiger partial charge in [0, 0.05) is 28.8 Å². The first-order valence-electron chi connectivity index (χ1n) is 8.75. The average Bonchev–Trinajstić information content (AvgIpc) is 2.68. The van der Waals surface area contributed by atoms with E-state index in [1.54, 1.807) is 18.2 Å². The fraction of sp³-hybridized carbons (Fsp3) is 0.136. The van der Waals surface area contributed by atoms with Crippen LogP contribution in [0.1, 0.15) is 37.4 Å². The van der Waals surface area contributed by atoms with E-state index in [2.05, 4.69) is 15.6 Å². The maximum atomic E-state index is 12.6. The Kier molecular flexibility index (Phi) is 5.76. The normalized spacial score (nSPS) is 10.4. The molecule has 1 heterocycles. The fourth-order valence-electron chi connectivity index (χ4n) is 2.65. The number of hydrogen-bond acceptors (Lipinski definition) is 3. The van der Waals surface area contributed by atoms with Gasteiger partial charge in [0.05, 0.1) is 11.1 Å². The summed E-state index contributed by atoms with van der Waals surface area (Å²) in [6.45, 7) is 5.81. The van der Waals surface area contributed by atoms with Crippen LogP contribution in [-0.4, -0.2) is 16.8 Å². The standard InChI is InChI=1S/C22H20ClN3O2/c1-13-7-8-18(9-14(13)2)25-21(27)16-10-17(12-24-11-16)22(28)26-20-6-4-5-19(23)15(20)3/h4-12H,1-3H3,(H,25,27)(H,26,28). The van der Waals surface area contributed by atoms with Crippen LogP contribution in [0.5, 0.6) is 0 Å². The number of nitrogens with one attached hydrogen (secondary N) is 2. The fourth-order valence-corrected chi connectivity index (χ4v) is 2.82. The van der Waals surface area contributed by atoms with Crippen molar-refractivity contribution in [2.75, 3.05) is 10.6 Å². The van der Waals surface area contributed by atoms with E-state index in [4.69, 9.17) is 11.6 Å². The summed E-state index contributed by atoms with van der Waals surface area (Å²) in [7, 11) is 0. The summed E-state index contributed by atoms with van der Waals surface area (Å²) in [4.78, 5) is 29.1. The number of halogens is 1. The van der Waals surface area contributed by atoms with Gasteiger partial charge in [0.25, 0.3) is 11.8 Å². The van der Waals surface area contributed by atoms with E-state index < -0.39 is 0 Å². The van der Waals surface area contributed by atoms with E-state index in [0.29, 0.717) is 22.0 Å². The third-order valence-corrected chi connectivity index (χ3v) is 4.95. The summed E-state index contributed by atoms with van der Waals surface area (Å²) in [5, 5.41) is 6.20. The van der Waals surface area contributed by atoms with Crippen LogP contribution in [0.3, 0.4) is 0 Å². The number of aromatic nitrogens is 1. The van der Waals surface area contributed by atoms with Crippen LogP contribution in [0.15, 0.2) is 54.9 Å². The molecule has 2 N–H and O–H groups in total. The number of aryl methyl sites for hydroxylation is 2. The van der Waals surface area contributed by atoms with Crippen LogP contribution in [-0.2, 0) is 0 Å². The van der Waals surface area contributed by atoms with Gasteiger partial charge in [-0.2, -0.15) is 0 Å². The molecule has 0 aliphatic heterocycles. The second-order valence-electron chi connectivity index (χ2n) is 6.58. The molecule has 0 unspecified atom stereocenters. The lowest BCUT2D eigenvalue weighted by Gasteiger charge is -2.10. The summed E-state index contributed by atoms with van der Waals surface area (Å²) in [6, 6.07) is 12.5. The predicted octanol–water partition coefficient (Wildman–Crippen LogP) is 5.16. The predicted molar refractivity (Wildman–Crippen MR) is 112 cm³/mol. The minimum Gasteiger partial charge on any atom is -0.322 e. The summed E-state index contributed by atoms with van der Waals surface area (Å²) in [6.07, 6.45) is 2.85. The van der Waals surface area contributed by atoms with Gasteiger partial charge in [-0.3, -0.25) is 14.6 Å². The largest absolute Gasteiger partial charge is 0.322 e. The highest BCUT2D eigenvalue weighted by atomic mass is 35.5. The lowest BCUT2D eigenvalue weighted by molar-refractivity contribution is 0.102. The topological polar surface area (TPSA) is 71.1 Å². The second kappa shape index (κ2) is 8.23. The van der Waals surface area contributed by atoms with Crippen molar-refractivity contribution in [1.29, 1.82) is 0 Å². The maximum absolute atomic E-state index is 12.6. The van der Waals surface area contributed by atoms with Gasteiger partial charge >= 0.3 is 0 Å². The quantitative estimate of drug-likeness (QED) is 0.642. The molecule has 0 fully saturated rings. The Morgan fingerprint density at radius 1 is 0.857 bits per heavy atom. The zero-order chi connectivity index (χ0) is 20.3. The first-order chi connectivity index (χ1) is 13.3. The molecular formula is C22H20ClN3O2. The third kappa shape index (κ3) is 4.38. The van der Waals surface area contributed by atoms with Crippen molar-refractivity contribution in [2.24, 2.45) is 0 Å². The molecule has 0 aliphatic rings. The highest BCUT2D eigenvalue weighted by Crippen LogP contribution is 2.23. The van der Waals surface area contributed by atoms with Gasteiger partial charge in [-0.1, -0.05) is 23.7 Å². The molecule has 2 amide bonds. The zero-order valence-electron chi connectivity index (χ0n) is 15.8. The van der Waals surface area contributed by atoms with Crippen LogP contribution in [0.25, 0.3) is 0 Å². The molecule has 0 radical (unpaired) electrons. The number of nitrogens with zero attached hydrogens (tertiary/aromatic N) is 1. The van der Waals surface area contributed by atoms with Crippen LogP contribution < -0.4 is 10.6 Å². The Labute approximate surface area is 168 Å². The highest BCUT2D eigenvalue weighted by molar-refractivity contribution is 6.31. The van der Waals surface area contributed by atoms with Crippen molar-refractivity contribution in [3.05, 3.63) is 87.7 Å². The van der Waals surface area contributed by atoms with Crippen molar-refractivity contribution >= 4 is 34.8 Å². The molecule has 3 rings (SSSR count). The van der Waals surface area contributed by atoms with E-state index >= 15 is 0 Å². The van der Waals surface area contributed by atoms with Gasteiger partial charge < -0.3 is 10.6 Å². The number of amides is 2. The minimum absolute atomic E-state index is 0.284. The molecule has 0 saturated heterocycles. The first-order valence-corrected chi connectivity index (χ1v) is 9.13. The molecule has 142 valence electrons. The molecule has 2 aromatic carbocycles. The van der Waals surface area contributed by atoms with Gasteiger partial charge in [-0.25, -0.2) is 0 Å². The molecular weight excluding hydrogens is 374 g/mol. The van der Waals surface area contributed by atoms with Crippen LogP contribution >= 0.6 is 11.6 Å². The number of carbonyl (C=O) groups excluding carboxylic acids is 2. The van der Waals surface area contributed by atoms with Gasteiger partial charge in [0.2, 0.25) is 0 Å². The lowest BCUT2D eigenvalue weighted by Crippen LogP contribution is -2.16. The van der Waals surface area contributed by atoms with Crippen molar-refractivity contribution in [3.63, 3.8) is 0 Å². The van der Waals surface area contributed by atoms with Crippen LogP contribution in [0.4, 0.5) is 11.4 Å². The second-order valence-corrected chi connectivity index (χ2v) is 6.99. The molecule has 0 atom stereocenters. The first kappa shape index (κ1) is 19.6. The van der Waals surface area contributed by atoms with E-state index in [-0.39, 0.29) is 17.4 Å². The number of rotatable bonds is 4. The Morgan fingerprint density at radius 2 is 1.54 bits per heavy atom. The van der Waals surface area contributed by atoms with Crippen LogP contribution in [0.2, 0.25) is 5.02 Å². The third-order valence-electron chi connectivity index (χ3n) is 4.54. The Balaban J connectivity index is 1.77. The monoisotopic (exact) mass is 393 g/mol. The van der Waals surface area contributed by atoms with E-state index in [1.165, 1.54) is 18.5 Å². The van der Waals surface area contributed by atoms with Gasteiger partial charge in [0.15, 0.2) is 0 Å².